The van der Waals surface area contributed by atoms with Crippen molar-refractivity contribution in [2.75, 3.05) is 20.8 Å². The molecule has 2 N–H and O–H groups in total. The summed E-state index contributed by atoms with van der Waals surface area (Å²) in [6.45, 7) is 0.133. The van der Waals surface area contributed by atoms with E-state index in [1.54, 1.807) is 0 Å². The van der Waals surface area contributed by atoms with Crippen LogP contribution in [0.25, 0.3) is 0 Å². The molecule has 0 radical (unpaired) electrons. The number of esters is 2. The van der Waals surface area contributed by atoms with E-state index >= 15 is 0 Å². The van der Waals surface area contributed by atoms with E-state index in [1.165, 1.54) is 23.4 Å². The van der Waals surface area contributed by atoms with Crippen molar-refractivity contribution in [3.8, 4) is 0 Å². The molecular weight excluding hydrogens is 402 g/mol. The molecule has 1 aromatic carbocycles. The molecule has 9 nitrogen and oxygen atoms in total. The van der Waals surface area contributed by atoms with Crippen LogP contribution >= 0.6 is 0 Å². The van der Waals surface area contributed by atoms with Gasteiger partial charge in [0.05, 0.1) is 32.7 Å². The first kappa shape index (κ1) is 21.2. The van der Waals surface area contributed by atoms with Gasteiger partial charge in [0.15, 0.2) is 11.6 Å². The van der Waals surface area contributed by atoms with Crippen molar-refractivity contribution in [1.29, 1.82) is 0 Å². The van der Waals surface area contributed by atoms with E-state index in [4.69, 9.17) is 0 Å². The number of ether oxygens (including phenoxy) is 2. The molecule has 160 valence electrons. The highest BCUT2D eigenvalue weighted by molar-refractivity contribution is 5.87. The molecule has 3 rings (SSSR count). The monoisotopic (exact) mass is 422 g/mol. The van der Waals surface area contributed by atoms with Gasteiger partial charge in [-0.2, -0.15) is 0 Å². The smallest absolute Gasteiger partial charge is 0.329 e. The Hall–Kier alpha value is -3.50. The first-order chi connectivity index (χ1) is 14.4. The number of fused-ring (bicyclic) bond motifs is 1. The van der Waals surface area contributed by atoms with Gasteiger partial charge in [-0.3, -0.25) is 4.79 Å². The van der Waals surface area contributed by atoms with E-state index in [1.807, 2.05) is 0 Å². The van der Waals surface area contributed by atoms with Gasteiger partial charge in [0.25, 0.3) is 0 Å². The van der Waals surface area contributed by atoms with Crippen molar-refractivity contribution in [3.05, 3.63) is 53.1 Å². The number of benzene rings is 1. The van der Waals surface area contributed by atoms with Gasteiger partial charge in [-0.05, 0) is 6.07 Å². The number of imidazole rings is 1. The van der Waals surface area contributed by atoms with E-state index < -0.39 is 48.1 Å². The van der Waals surface area contributed by atoms with Crippen LogP contribution in [0, 0.1) is 11.6 Å². The summed E-state index contributed by atoms with van der Waals surface area (Å²) in [7, 11) is 2.26. The fourth-order valence-corrected chi connectivity index (χ4v) is 3.36. The van der Waals surface area contributed by atoms with Gasteiger partial charge in [0.2, 0.25) is 0 Å². The normalized spacial score (nSPS) is 16.4. The van der Waals surface area contributed by atoms with Crippen molar-refractivity contribution in [1.82, 2.24) is 20.2 Å². The zero-order chi connectivity index (χ0) is 21.8. The maximum Gasteiger partial charge on any atom is 0.329 e. The quantitative estimate of drug-likeness (QED) is 0.705. The van der Waals surface area contributed by atoms with Crippen molar-refractivity contribution < 1.29 is 32.6 Å². The average molecular weight is 422 g/mol. The minimum absolute atomic E-state index is 0.0826. The number of nitrogens with zero attached hydrogens (tertiary/aromatic N) is 2. The van der Waals surface area contributed by atoms with Crippen LogP contribution in [0.4, 0.5) is 13.6 Å². The van der Waals surface area contributed by atoms with Gasteiger partial charge in [0.1, 0.15) is 12.1 Å². The molecule has 1 aliphatic heterocycles. The highest BCUT2D eigenvalue weighted by Crippen LogP contribution is 2.35. The van der Waals surface area contributed by atoms with Crippen LogP contribution in [-0.4, -0.2) is 59.6 Å². The molecule has 0 aliphatic carbocycles. The molecule has 0 saturated carbocycles. The predicted octanol–water partition coefficient (Wildman–Crippen LogP) is 1.45. The molecule has 0 fully saturated rings. The predicted molar refractivity (Wildman–Crippen MR) is 98.2 cm³/mol. The van der Waals surface area contributed by atoms with Gasteiger partial charge in [-0.15, -0.1) is 0 Å². The topological polar surface area (TPSA) is 114 Å². The maximum absolute atomic E-state index is 14.6. The van der Waals surface area contributed by atoms with Crippen LogP contribution in [0.15, 0.2) is 24.5 Å². The highest BCUT2D eigenvalue weighted by atomic mass is 19.2. The van der Waals surface area contributed by atoms with Crippen molar-refractivity contribution in [2.45, 2.75) is 24.9 Å². The minimum Gasteiger partial charge on any atom is -0.469 e. The molecule has 1 aliphatic rings. The minimum atomic E-state index is -1.31. The molecule has 2 atom stereocenters. The lowest BCUT2D eigenvalue weighted by Crippen LogP contribution is -2.52. The summed E-state index contributed by atoms with van der Waals surface area (Å²) in [4.78, 5) is 44.9. The number of hydrogen-bond acceptors (Lipinski definition) is 6. The Kier molecular flexibility index (Phi) is 6.28. The summed E-state index contributed by atoms with van der Waals surface area (Å²) < 4.78 is 37.6. The lowest BCUT2D eigenvalue weighted by atomic mass is 9.95. The second kappa shape index (κ2) is 8.89. The zero-order valence-electron chi connectivity index (χ0n) is 16.3. The Labute approximate surface area is 170 Å². The third-order valence-corrected chi connectivity index (χ3v) is 4.84. The summed E-state index contributed by atoms with van der Waals surface area (Å²) in [6, 6.07) is 0.553. The number of carbonyl (C=O) groups excluding carboxylic acids is 3. The van der Waals surface area contributed by atoms with Gasteiger partial charge < -0.3 is 24.7 Å². The van der Waals surface area contributed by atoms with Crippen LogP contribution in [0.5, 0.6) is 0 Å². The van der Waals surface area contributed by atoms with E-state index in [-0.39, 0.29) is 12.1 Å². The Morgan fingerprint density at radius 2 is 2.07 bits per heavy atom. The number of nitrogens with one attached hydrogen (secondary N) is 2. The molecule has 2 aromatic rings. The molecular formula is C19H20F2N4O5. The lowest BCUT2D eigenvalue weighted by molar-refractivity contribution is -0.149. The first-order valence-corrected chi connectivity index (χ1v) is 9.05. The summed E-state index contributed by atoms with van der Waals surface area (Å²) >= 11 is 0. The third-order valence-electron chi connectivity index (χ3n) is 4.84. The molecule has 2 heterocycles. The van der Waals surface area contributed by atoms with Gasteiger partial charge in [-0.25, -0.2) is 23.4 Å². The molecule has 1 aromatic heterocycles. The van der Waals surface area contributed by atoms with Crippen LogP contribution in [-0.2, 0) is 25.5 Å². The molecule has 0 unspecified atom stereocenters. The number of amides is 2. The van der Waals surface area contributed by atoms with Crippen molar-refractivity contribution in [2.24, 2.45) is 0 Å². The molecule has 0 spiro atoms. The van der Waals surface area contributed by atoms with Gasteiger partial charge in [0, 0.05) is 24.2 Å². The number of H-pyrrole nitrogens is 1. The third kappa shape index (κ3) is 4.09. The summed E-state index contributed by atoms with van der Waals surface area (Å²) in [5, 5.41) is 2.42. The molecule has 30 heavy (non-hydrogen) atoms. The van der Waals surface area contributed by atoms with Crippen LogP contribution < -0.4 is 5.32 Å². The Morgan fingerprint density at radius 3 is 2.77 bits per heavy atom. The largest absolute Gasteiger partial charge is 0.469 e. The number of aromatic amines is 1. The van der Waals surface area contributed by atoms with E-state index in [0.29, 0.717) is 17.8 Å². The number of aromatic nitrogens is 2. The lowest BCUT2D eigenvalue weighted by Gasteiger charge is -2.36. The van der Waals surface area contributed by atoms with Crippen LogP contribution in [0.2, 0.25) is 0 Å². The number of halogens is 2. The number of carbonyl (C=O) groups is 3. The molecule has 11 heteroatoms. The SMILES string of the molecule is COC(=O)C[C@H](NC(=O)N1CCc2[nH]cnc2[C@@H]1c1cccc(F)c1F)C(=O)OC. The highest BCUT2D eigenvalue weighted by Gasteiger charge is 2.38. The van der Waals surface area contributed by atoms with E-state index in [9.17, 15) is 23.2 Å². The maximum atomic E-state index is 14.6. The Bertz CT molecular complexity index is 964. The van der Waals surface area contributed by atoms with E-state index in [0.717, 1.165) is 20.3 Å². The van der Waals surface area contributed by atoms with Crippen LogP contribution in [0.3, 0.4) is 0 Å². The number of methoxy groups -OCH3 is 2. The Morgan fingerprint density at radius 1 is 1.30 bits per heavy atom. The number of urea groups is 1. The fourth-order valence-electron chi connectivity index (χ4n) is 3.36. The second-order valence-corrected chi connectivity index (χ2v) is 6.56. The summed E-state index contributed by atoms with van der Waals surface area (Å²) in [5.74, 6) is -3.74. The summed E-state index contributed by atoms with van der Waals surface area (Å²) in [5.41, 5.74) is 0.969. The van der Waals surface area contributed by atoms with Gasteiger partial charge >= 0.3 is 18.0 Å². The molecule has 2 amide bonds. The standard InChI is InChI=1S/C19H20F2N4O5/c1-29-14(26)8-13(18(27)30-2)24-19(28)25-7-6-12-16(23-9-22-12)17(25)10-4-3-5-11(20)15(10)21/h3-5,9,13,17H,6-8H2,1-2H3,(H,22,23)(H,24,28)/t13-,17-/m0/s1. The van der Waals surface area contributed by atoms with Crippen molar-refractivity contribution >= 4 is 18.0 Å². The van der Waals surface area contributed by atoms with Crippen molar-refractivity contribution in [3.63, 3.8) is 0 Å². The number of rotatable bonds is 5. The first-order valence-electron chi connectivity index (χ1n) is 9.05. The Balaban J connectivity index is 1.94. The van der Waals surface area contributed by atoms with Gasteiger partial charge in [-0.1, -0.05) is 12.1 Å². The second-order valence-electron chi connectivity index (χ2n) is 6.56. The zero-order valence-corrected chi connectivity index (χ0v) is 16.3. The molecule has 0 bridgehead atoms. The van der Waals surface area contributed by atoms with E-state index in [2.05, 4.69) is 24.8 Å². The average Bonchev–Trinajstić information content (AvgIpc) is 3.22. The van der Waals surface area contributed by atoms with Crippen LogP contribution in [0.1, 0.15) is 29.4 Å². The fraction of sp³-hybridized carbons (Fsp3) is 0.368. The number of hydrogen-bond donors (Lipinski definition) is 2. The summed E-state index contributed by atoms with van der Waals surface area (Å²) in [6.07, 6.45) is 1.34. The molecule has 0 saturated heterocycles.